The first kappa shape index (κ1) is 12.6. The van der Waals surface area contributed by atoms with Crippen LogP contribution in [0.2, 0.25) is 0 Å². The van der Waals surface area contributed by atoms with Gasteiger partial charge in [0.15, 0.2) is 0 Å². The Morgan fingerprint density at radius 2 is 2.07 bits per heavy atom. The van der Waals surface area contributed by atoms with Gasteiger partial charge < -0.3 is 14.7 Å². The molecule has 1 heterocycles. The smallest absolute Gasteiger partial charge is 0.410 e. The zero-order valence-electron chi connectivity index (χ0n) is 9.69. The first-order chi connectivity index (χ1) is 6.78. The number of likely N-dealkylation sites (tertiary alicyclic amines) is 1. The summed E-state index contributed by atoms with van der Waals surface area (Å²) in [4.78, 5) is 13.2. The highest BCUT2D eigenvalue weighted by atomic mass is 32.2. The molecule has 0 radical (unpaired) electrons. The monoisotopic (exact) mass is 233 g/mol. The minimum Gasteiger partial charge on any atom is -0.444 e. The summed E-state index contributed by atoms with van der Waals surface area (Å²) in [6, 6.07) is 0. The minimum absolute atomic E-state index is 0.259. The van der Waals surface area contributed by atoms with Gasteiger partial charge in [-0.1, -0.05) is 0 Å². The molecule has 0 aliphatic carbocycles. The average Bonchev–Trinajstić information content (AvgIpc) is 1.91. The summed E-state index contributed by atoms with van der Waals surface area (Å²) in [6.45, 7) is 8.64. The maximum absolute atomic E-state index is 11.5. The van der Waals surface area contributed by atoms with E-state index >= 15 is 0 Å². The quantitative estimate of drug-likeness (QED) is 0.737. The molecule has 88 valence electrons. The summed E-state index contributed by atoms with van der Waals surface area (Å²) in [7, 11) is 0. The lowest BCUT2D eigenvalue weighted by atomic mass is 10.2. The van der Waals surface area contributed by atoms with Gasteiger partial charge in [-0.3, -0.25) is 0 Å². The predicted octanol–water partition coefficient (Wildman–Crippen LogP) is 1.68. The molecule has 0 aromatic rings. The van der Waals surface area contributed by atoms with Crippen molar-refractivity contribution in [1.82, 2.24) is 4.90 Å². The Hall–Kier alpha value is -0.420. The molecule has 0 spiro atoms. The number of ether oxygens (including phenoxy) is 1. The van der Waals surface area contributed by atoms with E-state index in [1.807, 2.05) is 20.8 Å². The highest BCUT2D eigenvalue weighted by Gasteiger charge is 2.34. The molecule has 1 amide bonds. The van der Waals surface area contributed by atoms with Crippen molar-refractivity contribution in [2.45, 2.75) is 44.0 Å². The van der Waals surface area contributed by atoms with Crippen LogP contribution in [0.5, 0.6) is 0 Å². The van der Waals surface area contributed by atoms with Crippen LogP contribution in [0.25, 0.3) is 0 Å². The summed E-state index contributed by atoms with van der Waals surface area (Å²) < 4.78 is 5.21. The average molecular weight is 233 g/mol. The summed E-state index contributed by atoms with van der Waals surface area (Å²) in [6.07, 6.45) is -0.259. The third kappa shape index (κ3) is 4.30. The first-order valence-electron chi connectivity index (χ1n) is 5.09. The van der Waals surface area contributed by atoms with Crippen molar-refractivity contribution in [3.8, 4) is 0 Å². The van der Waals surface area contributed by atoms with Gasteiger partial charge in [-0.2, -0.15) is 0 Å². The van der Waals surface area contributed by atoms with Gasteiger partial charge in [-0.05, 0) is 27.7 Å². The second kappa shape index (κ2) is 4.61. The van der Waals surface area contributed by atoms with Crippen molar-refractivity contribution >= 4 is 17.9 Å². The molecule has 1 atom stereocenters. The van der Waals surface area contributed by atoms with Crippen LogP contribution in [0.1, 0.15) is 27.7 Å². The van der Waals surface area contributed by atoms with Crippen LogP contribution in [0, 0.1) is 0 Å². The van der Waals surface area contributed by atoms with Crippen molar-refractivity contribution in [3.63, 3.8) is 0 Å². The summed E-state index contributed by atoms with van der Waals surface area (Å²) in [5.74, 6) is 0. The summed E-state index contributed by atoms with van der Waals surface area (Å²) in [5, 5.41) is 9.47. The van der Waals surface area contributed by atoms with E-state index < -0.39 is 5.60 Å². The lowest BCUT2D eigenvalue weighted by Crippen LogP contribution is -2.53. The fourth-order valence-corrected chi connectivity index (χ4v) is 2.37. The standard InChI is InChI=1S/C10H19NO3S/c1-7(12)15-8-5-11(6-8)9(13)14-10(2,3)4/h7-8,12H,5-6H2,1-4H3. The number of thioether (sulfide) groups is 1. The van der Waals surface area contributed by atoms with Crippen LogP contribution in [-0.2, 0) is 4.74 Å². The van der Waals surface area contributed by atoms with E-state index in [1.165, 1.54) is 11.8 Å². The van der Waals surface area contributed by atoms with Gasteiger partial charge in [0.2, 0.25) is 0 Å². The van der Waals surface area contributed by atoms with E-state index in [1.54, 1.807) is 11.8 Å². The van der Waals surface area contributed by atoms with Gasteiger partial charge in [0.05, 0.1) is 5.44 Å². The molecule has 1 fully saturated rings. The molecule has 1 aliphatic rings. The third-order valence-corrected chi connectivity index (χ3v) is 2.97. The topological polar surface area (TPSA) is 49.8 Å². The SMILES string of the molecule is CC(O)SC1CN(C(=O)OC(C)(C)C)C1. The Labute approximate surface area is 95.0 Å². The normalized spacial score (nSPS) is 19.7. The Kier molecular flexibility index (Phi) is 3.89. The molecule has 15 heavy (non-hydrogen) atoms. The number of aliphatic hydroxyl groups is 1. The minimum atomic E-state index is -0.431. The lowest BCUT2D eigenvalue weighted by Gasteiger charge is -2.39. The summed E-state index contributed by atoms with van der Waals surface area (Å²) >= 11 is 1.49. The van der Waals surface area contributed by atoms with Crippen molar-refractivity contribution in [2.24, 2.45) is 0 Å². The molecule has 1 rings (SSSR count). The number of hydrogen-bond acceptors (Lipinski definition) is 4. The van der Waals surface area contributed by atoms with Gasteiger partial charge in [-0.25, -0.2) is 4.79 Å². The maximum atomic E-state index is 11.5. The maximum Gasteiger partial charge on any atom is 0.410 e. The van der Waals surface area contributed by atoms with E-state index in [0.717, 1.165) is 0 Å². The van der Waals surface area contributed by atoms with Gasteiger partial charge in [-0.15, -0.1) is 11.8 Å². The van der Waals surface area contributed by atoms with E-state index in [-0.39, 0.29) is 11.5 Å². The van der Waals surface area contributed by atoms with E-state index in [0.29, 0.717) is 18.3 Å². The number of carbonyl (C=O) groups is 1. The molecule has 0 aromatic carbocycles. The molecule has 5 heteroatoms. The van der Waals surface area contributed by atoms with Crippen LogP contribution in [0.4, 0.5) is 4.79 Å². The van der Waals surface area contributed by atoms with Crippen LogP contribution in [0.3, 0.4) is 0 Å². The Morgan fingerprint density at radius 3 is 2.47 bits per heavy atom. The van der Waals surface area contributed by atoms with Gasteiger partial charge in [0.1, 0.15) is 5.60 Å². The zero-order valence-corrected chi connectivity index (χ0v) is 10.5. The molecular weight excluding hydrogens is 214 g/mol. The predicted molar refractivity (Wildman–Crippen MR) is 60.9 cm³/mol. The van der Waals surface area contributed by atoms with E-state index in [9.17, 15) is 4.79 Å². The number of aliphatic hydroxyl groups excluding tert-OH is 1. The van der Waals surface area contributed by atoms with Crippen LogP contribution < -0.4 is 0 Å². The fraction of sp³-hybridized carbons (Fsp3) is 0.900. The Balaban J connectivity index is 2.24. The van der Waals surface area contributed by atoms with Crippen molar-refractivity contribution < 1.29 is 14.6 Å². The van der Waals surface area contributed by atoms with Crippen molar-refractivity contribution in [1.29, 1.82) is 0 Å². The van der Waals surface area contributed by atoms with Crippen molar-refractivity contribution in [2.75, 3.05) is 13.1 Å². The molecule has 1 saturated heterocycles. The molecule has 4 nitrogen and oxygen atoms in total. The van der Waals surface area contributed by atoms with Gasteiger partial charge in [0.25, 0.3) is 0 Å². The first-order valence-corrected chi connectivity index (χ1v) is 6.03. The second-order valence-corrected chi connectivity index (χ2v) is 6.36. The number of nitrogens with zero attached hydrogens (tertiary/aromatic N) is 1. The van der Waals surface area contributed by atoms with Gasteiger partial charge >= 0.3 is 6.09 Å². The number of carbonyl (C=O) groups excluding carboxylic acids is 1. The molecular formula is C10H19NO3S. The highest BCUT2D eigenvalue weighted by Crippen LogP contribution is 2.26. The molecule has 0 saturated carbocycles. The number of hydrogen-bond donors (Lipinski definition) is 1. The molecule has 1 N–H and O–H groups in total. The van der Waals surface area contributed by atoms with Crippen LogP contribution in [0.15, 0.2) is 0 Å². The zero-order chi connectivity index (χ0) is 11.6. The number of rotatable bonds is 2. The molecule has 0 aromatic heterocycles. The van der Waals surface area contributed by atoms with E-state index in [4.69, 9.17) is 9.84 Å². The highest BCUT2D eigenvalue weighted by molar-refractivity contribution is 8.00. The molecule has 1 unspecified atom stereocenters. The Morgan fingerprint density at radius 1 is 1.53 bits per heavy atom. The third-order valence-electron chi connectivity index (χ3n) is 1.89. The molecule has 0 bridgehead atoms. The van der Waals surface area contributed by atoms with Crippen LogP contribution in [-0.4, -0.2) is 45.5 Å². The number of amides is 1. The van der Waals surface area contributed by atoms with Crippen LogP contribution >= 0.6 is 11.8 Å². The Bertz CT molecular complexity index is 231. The lowest BCUT2D eigenvalue weighted by molar-refractivity contribution is 0.0142. The molecule has 1 aliphatic heterocycles. The second-order valence-electron chi connectivity index (χ2n) is 4.74. The van der Waals surface area contributed by atoms with Gasteiger partial charge in [0, 0.05) is 18.3 Å². The largest absolute Gasteiger partial charge is 0.444 e. The van der Waals surface area contributed by atoms with Crippen molar-refractivity contribution in [3.05, 3.63) is 0 Å². The van der Waals surface area contributed by atoms with E-state index in [2.05, 4.69) is 0 Å². The fourth-order valence-electron chi connectivity index (χ4n) is 1.28. The summed E-state index contributed by atoms with van der Waals surface area (Å²) in [5.41, 5.74) is -0.796.